The van der Waals surface area contributed by atoms with Crippen molar-refractivity contribution in [2.24, 2.45) is 5.92 Å². The second-order valence-electron chi connectivity index (χ2n) is 11.2. The molecule has 0 radical (unpaired) electrons. The highest BCUT2D eigenvalue weighted by molar-refractivity contribution is 5.89. The molecule has 0 unspecified atom stereocenters. The lowest BCUT2D eigenvalue weighted by Crippen LogP contribution is -2.46. The Kier molecular flexibility index (Phi) is 8.42. The maximum atomic E-state index is 14.9. The van der Waals surface area contributed by atoms with E-state index in [1.165, 1.54) is 25.6 Å². The summed E-state index contributed by atoms with van der Waals surface area (Å²) in [6.45, 7) is 6.13. The summed E-state index contributed by atoms with van der Waals surface area (Å²) < 4.78 is 47.4. The van der Waals surface area contributed by atoms with Crippen molar-refractivity contribution in [3.8, 4) is 5.75 Å². The number of aryl methyl sites for hydroxylation is 1. The highest BCUT2D eigenvalue weighted by Gasteiger charge is 2.44. The molecule has 2 aromatic carbocycles. The van der Waals surface area contributed by atoms with Gasteiger partial charge in [0.15, 0.2) is 0 Å². The van der Waals surface area contributed by atoms with Crippen LogP contribution < -0.4 is 14.5 Å². The minimum absolute atomic E-state index is 0.0307. The van der Waals surface area contributed by atoms with Crippen molar-refractivity contribution >= 4 is 17.5 Å². The first-order valence-corrected chi connectivity index (χ1v) is 14.5. The number of methoxy groups -OCH3 is 1. The Balaban J connectivity index is 1.06. The molecular weight excluding hydrogens is 570 g/mol. The van der Waals surface area contributed by atoms with Crippen LogP contribution in [0.25, 0.3) is 0 Å². The molecule has 0 spiro atoms. The fourth-order valence-electron chi connectivity index (χ4n) is 5.98. The number of esters is 1. The summed E-state index contributed by atoms with van der Waals surface area (Å²) in [6.07, 6.45) is 3.43. The lowest BCUT2D eigenvalue weighted by Gasteiger charge is -2.37. The molecule has 0 saturated carbocycles. The number of carbonyl (C=O) groups excluding carboxylic acids is 1. The molecule has 6 rings (SSSR count). The lowest BCUT2D eigenvalue weighted by atomic mass is 9.87. The molecule has 10 nitrogen and oxygen atoms in total. The third-order valence-electron chi connectivity index (χ3n) is 8.27. The van der Waals surface area contributed by atoms with Gasteiger partial charge in [0.1, 0.15) is 41.5 Å². The van der Waals surface area contributed by atoms with Crippen molar-refractivity contribution in [3.05, 3.63) is 95.7 Å². The summed E-state index contributed by atoms with van der Waals surface area (Å²) in [5.74, 6) is -0.0989. The molecule has 2 aliphatic rings. The molecule has 2 saturated heterocycles. The Morgan fingerprint density at radius 1 is 1.05 bits per heavy atom. The highest BCUT2D eigenvalue weighted by Crippen LogP contribution is 2.42. The number of carbonyl (C=O) groups is 1. The quantitative estimate of drug-likeness (QED) is 0.258. The van der Waals surface area contributed by atoms with E-state index in [0.717, 1.165) is 49.4 Å². The predicted octanol–water partition coefficient (Wildman–Crippen LogP) is 4.38. The Hall–Kier alpha value is -4.58. The summed E-state index contributed by atoms with van der Waals surface area (Å²) >= 11 is 0. The zero-order chi connectivity index (χ0) is 30.7. The standard InChI is InChI=1S/C32H34F2N6O4/c1-22-29(9-10-30(37-22)39-13-11-38(12-14-39)26-6-3-24(4-7-26)31(41)42-2)43-17-23-16-32(44-18-23,19-40-21-35-20-36-40)27-8-5-25(33)15-28(27)34/h3-10,15,20-21,23H,11-14,16-19H2,1-2H3/t23-,32+/m1/s1. The van der Waals surface area contributed by atoms with Crippen molar-refractivity contribution in [3.63, 3.8) is 0 Å². The first kappa shape index (κ1) is 29.5. The number of pyridine rings is 1. The number of nitrogens with zero attached hydrogens (tertiary/aromatic N) is 6. The van der Waals surface area contributed by atoms with E-state index < -0.39 is 17.2 Å². The molecule has 2 aliphatic heterocycles. The van der Waals surface area contributed by atoms with Gasteiger partial charge in [-0.2, -0.15) is 5.10 Å². The van der Waals surface area contributed by atoms with Crippen LogP contribution in [0.2, 0.25) is 0 Å². The zero-order valence-electron chi connectivity index (χ0n) is 24.7. The van der Waals surface area contributed by atoms with Crippen LogP contribution in [0.3, 0.4) is 0 Å². The van der Waals surface area contributed by atoms with E-state index in [0.29, 0.717) is 30.9 Å². The molecule has 2 aromatic heterocycles. The van der Waals surface area contributed by atoms with Gasteiger partial charge < -0.3 is 24.0 Å². The van der Waals surface area contributed by atoms with Gasteiger partial charge in [0.25, 0.3) is 0 Å². The van der Waals surface area contributed by atoms with E-state index in [-0.39, 0.29) is 24.0 Å². The number of halogens is 2. The van der Waals surface area contributed by atoms with Gasteiger partial charge in [0.05, 0.1) is 38.1 Å². The predicted molar refractivity (Wildman–Crippen MR) is 159 cm³/mol. The maximum Gasteiger partial charge on any atom is 0.337 e. The first-order valence-electron chi connectivity index (χ1n) is 14.5. The van der Waals surface area contributed by atoms with E-state index in [4.69, 9.17) is 19.2 Å². The summed E-state index contributed by atoms with van der Waals surface area (Å²) in [5.41, 5.74) is 1.64. The van der Waals surface area contributed by atoms with Crippen LogP contribution >= 0.6 is 0 Å². The molecule has 44 heavy (non-hydrogen) atoms. The summed E-state index contributed by atoms with van der Waals surface area (Å²) in [7, 11) is 1.38. The van der Waals surface area contributed by atoms with E-state index >= 15 is 0 Å². The average Bonchev–Trinajstić information content (AvgIpc) is 3.71. The van der Waals surface area contributed by atoms with E-state index in [1.807, 2.05) is 31.2 Å². The average molecular weight is 605 g/mol. The van der Waals surface area contributed by atoms with Crippen LogP contribution in [0.4, 0.5) is 20.3 Å². The number of ether oxygens (including phenoxy) is 3. The minimum atomic E-state index is -1.03. The number of hydrogen-bond donors (Lipinski definition) is 0. The molecule has 2 fully saturated rings. The number of anilines is 2. The van der Waals surface area contributed by atoms with Crippen molar-refractivity contribution in [1.29, 1.82) is 0 Å². The third-order valence-corrected chi connectivity index (χ3v) is 8.27. The number of rotatable bonds is 9. The molecular formula is C32H34F2N6O4. The molecule has 0 amide bonds. The first-order chi connectivity index (χ1) is 21.3. The van der Waals surface area contributed by atoms with Gasteiger partial charge in [0.2, 0.25) is 0 Å². The van der Waals surface area contributed by atoms with Crippen molar-refractivity contribution in [1.82, 2.24) is 19.7 Å². The topological polar surface area (TPSA) is 94.8 Å². The molecule has 0 bridgehead atoms. The van der Waals surface area contributed by atoms with Gasteiger partial charge in [-0.3, -0.25) is 0 Å². The fourth-order valence-corrected chi connectivity index (χ4v) is 5.98. The van der Waals surface area contributed by atoms with Crippen LogP contribution in [-0.4, -0.2) is 72.2 Å². The van der Waals surface area contributed by atoms with Crippen LogP contribution in [0, 0.1) is 24.5 Å². The zero-order valence-corrected chi connectivity index (χ0v) is 24.7. The Morgan fingerprint density at radius 3 is 2.50 bits per heavy atom. The lowest BCUT2D eigenvalue weighted by molar-refractivity contribution is -0.0206. The number of hydrogen-bond acceptors (Lipinski definition) is 9. The van der Waals surface area contributed by atoms with Gasteiger partial charge in [-0.1, -0.05) is 6.07 Å². The van der Waals surface area contributed by atoms with E-state index in [2.05, 4.69) is 19.9 Å². The van der Waals surface area contributed by atoms with Gasteiger partial charge in [-0.05, 0) is 55.8 Å². The number of benzene rings is 2. The molecule has 0 N–H and O–H groups in total. The number of piperazine rings is 1. The molecule has 4 aromatic rings. The van der Waals surface area contributed by atoms with E-state index in [9.17, 15) is 13.6 Å². The van der Waals surface area contributed by atoms with Crippen molar-refractivity contribution < 1.29 is 27.8 Å². The van der Waals surface area contributed by atoms with Gasteiger partial charge in [0, 0.05) is 49.4 Å². The second kappa shape index (κ2) is 12.6. The number of aromatic nitrogens is 4. The Bertz CT molecular complexity index is 1600. The largest absolute Gasteiger partial charge is 0.491 e. The minimum Gasteiger partial charge on any atom is -0.491 e. The SMILES string of the molecule is COC(=O)c1ccc(N2CCN(c3ccc(OC[C@@H]4CO[C@@](Cn5cncn5)(c5ccc(F)cc5F)C4)c(C)n3)CC2)cc1. The van der Waals surface area contributed by atoms with Gasteiger partial charge in [-0.25, -0.2) is 28.2 Å². The monoisotopic (exact) mass is 604 g/mol. The van der Waals surface area contributed by atoms with Crippen LogP contribution in [0.1, 0.15) is 28.0 Å². The van der Waals surface area contributed by atoms with Crippen LogP contribution in [0.5, 0.6) is 5.75 Å². The molecule has 2 atom stereocenters. The fraction of sp³-hybridized carbons (Fsp3) is 0.375. The normalized spacial score (nSPS) is 20.1. The highest BCUT2D eigenvalue weighted by atomic mass is 19.1. The summed E-state index contributed by atoms with van der Waals surface area (Å²) in [6, 6.07) is 14.9. The van der Waals surface area contributed by atoms with E-state index in [1.54, 1.807) is 23.1 Å². The maximum absolute atomic E-state index is 14.9. The molecule has 230 valence electrons. The van der Waals surface area contributed by atoms with Crippen molar-refractivity contribution in [2.75, 3.05) is 56.3 Å². The third kappa shape index (κ3) is 6.21. The van der Waals surface area contributed by atoms with Crippen LogP contribution in [-0.2, 0) is 21.6 Å². The second-order valence-corrected chi connectivity index (χ2v) is 11.2. The molecule has 12 heteroatoms. The Labute approximate surface area is 254 Å². The van der Waals surface area contributed by atoms with Gasteiger partial charge >= 0.3 is 5.97 Å². The van der Waals surface area contributed by atoms with Crippen molar-refractivity contribution in [2.45, 2.75) is 25.5 Å². The summed E-state index contributed by atoms with van der Waals surface area (Å²) in [4.78, 5) is 25.1. The molecule has 0 aliphatic carbocycles. The van der Waals surface area contributed by atoms with Crippen LogP contribution in [0.15, 0.2) is 67.3 Å². The summed E-state index contributed by atoms with van der Waals surface area (Å²) in [5, 5.41) is 4.17. The Morgan fingerprint density at radius 2 is 1.82 bits per heavy atom. The smallest absolute Gasteiger partial charge is 0.337 e. The van der Waals surface area contributed by atoms with Gasteiger partial charge in [-0.15, -0.1) is 0 Å². The molecule has 4 heterocycles.